The van der Waals surface area contributed by atoms with Gasteiger partial charge in [0, 0.05) is 17.4 Å². The van der Waals surface area contributed by atoms with Crippen molar-refractivity contribution in [1.82, 2.24) is 5.32 Å². The molecule has 0 aromatic heterocycles. The second-order valence-corrected chi connectivity index (χ2v) is 7.62. The van der Waals surface area contributed by atoms with Crippen molar-refractivity contribution in [3.63, 3.8) is 0 Å². The summed E-state index contributed by atoms with van der Waals surface area (Å²) in [7, 11) is 0. The van der Waals surface area contributed by atoms with E-state index >= 15 is 0 Å². The molecular weight excluding hydrogens is 382 g/mol. The molecule has 3 N–H and O–H groups in total. The molecule has 0 bridgehead atoms. The van der Waals surface area contributed by atoms with Gasteiger partial charge in [-0.25, -0.2) is 9.59 Å². The topological polar surface area (TPSA) is 96.5 Å². The number of rotatable bonds is 6. The first-order chi connectivity index (χ1) is 14.5. The van der Waals surface area contributed by atoms with E-state index in [0.717, 1.165) is 25.7 Å². The molecule has 0 saturated heterocycles. The Morgan fingerprint density at radius 1 is 0.867 bits per heavy atom. The van der Waals surface area contributed by atoms with E-state index in [4.69, 9.17) is 4.74 Å². The van der Waals surface area contributed by atoms with Crippen LogP contribution >= 0.6 is 0 Å². The Labute approximate surface area is 176 Å². The van der Waals surface area contributed by atoms with Crippen LogP contribution in [-0.2, 0) is 9.53 Å². The standard InChI is InChI=1S/C23H27N3O4/c1-16-7-11-19(12-8-16)24-21(27)15-30-22(28)17-9-13-20(14-10-17)26-23(29)25-18-5-3-2-4-6-18/h2-6,9-10,13-14,16,19H,7-8,11-12,15H2,1H3,(H,24,27)(H2,25,26,29). The van der Waals surface area contributed by atoms with Crippen molar-refractivity contribution in [2.24, 2.45) is 5.92 Å². The molecule has 1 aliphatic rings. The highest BCUT2D eigenvalue weighted by Gasteiger charge is 2.20. The van der Waals surface area contributed by atoms with E-state index in [9.17, 15) is 14.4 Å². The Hall–Kier alpha value is -3.35. The smallest absolute Gasteiger partial charge is 0.338 e. The summed E-state index contributed by atoms with van der Waals surface area (Å²) in [6.07, 6.45) is 4.14. The van der Waals surface area contributed by atoms with Crippen molar-refractivity contribution in [3.8, 4) is 0 Å². The number of benzene rings is 2. The van der Waals surface area contributed by atoms with Gasteiger partial charge in [-0.05, 0) is 68.0 Å². The molecule has 7 heteroatoms. The molecule has 2 aromatic rings. The molecule has 1 fully saturated rings. The molecule has 158 valence electrons. The van der Waals surface area contributed by atoms with E-state index in [1.54, 1.807) is 36.4 Å². The number of hydrogen-bond acceptors (Lipinski definition) is 4. The summed E-state index contributed by atoms with van der Waals surface area (Å²) >= 11 is 0. The summed E-state index contributed by atoms with van der Waals surface area (Å²) in [4.78, 5) is 36.2. The van der Waals surface area contributed by atoms with Gasteiger partial charge < -0.3 is 20.7 Å². The minimum Gasteiger partial charge on any atom is -0.452 e. The molecule has 0 atom stereocenters. The largest absolute Gasteiger partial charge is 0.452 e. The van der Waals surface area contributed by atoms with Crippen LogP contribution in [0.25, 0.3) is 0 Å². The number of esters is 1. The number of nitrogens with one attached hydrogen (secondary N) is 3. The molecule has 0 radical (unpaired) electrons. The molecule has 0 spiro atoms. The van der Waals surface area contributed by atoms with Crippen LogP contribution in [0.5, 0.6) is 0 Å². The van der Waals surface area contributed by atoms with Crippen LogP contribution in [0, 0.1) is 5.92 Å². The quantitative estimate of drug-likeness (QED) is 0.624. The third kappa shape index (κ3) is 6.62. The monoisotopic (exact) mass is 409 g/mol. The van der Waals surface area contributed by atoms with Gasteiger partial charge in [0.25, 0.3) is 5.91 Å². The molecule has 3 amide bonds. The summed E-state index contributed by atoms with van der Waals surface area (Å²) in [5, 5.41) is 8.33. The summed E-state index contributed by atoms with van der Waals surface area (Å²) < 4.78 is 5.10. The van der Waals surface area contributed by atoms with E-state index in [1.807, 2.05) is 18.2 Å². The van der Waals surface area contributed by atoms with Crippen molar-refractivity contribution in [2.75, 3.05) is 17.2 Å². The molecule has 1 aliphatic carbocycles. The van der Waals surface area contributed by atoms with Gasteiger partial charge in [-0.15, -0.1) is 0 Å². The summed E-state index contributed by atoms with van der Waals surface area (Å²) in [6.45, 7) is 1.92. The second kappa shape index (κ2) is 10.4. The fourth-order valence-electron chi connectivity index (χ4n) is 3.39. The van der Waals surface area contributed by atoms with Crippen LogP contribution in [0.4, 0.5) is 16.2 Å². The molecular formula is C23H27N3O4. The van der Waals surface area contributed by atoms with Crippen molar-refractivity contribution in [1.29, 1.82) is 0 Å². The molecule has 30 heavy (non-hydrogen) atoms. The number of carbonyl (C=O) groups is 3. The Morgan fingerprint density at radius 2 is 1.47 bits per heavy atom. The van der Waals surface area contributed by atoms with Crippen LogP contribution in [-0.4, -0.2) is 30.6 Å². The first kappa shape index (κ1) is 21.4. The van der Waals surface area contributed by atoms with Crippen molar-refractivity contribution >= 4 is 29.3 Å². The van der Waals surface area contributed by atoms with E-state index in [0.29, 0.717) is 22.9 Å². The van der Waals surface area contributed by atoms with Gasteiger partial charge in [-0.2, -0.15) is 0 Å². The average molecular weight is 409 g/mol. The van der Waals surface area contributed by atoms with Gasteiger partial charge in [0.2, 0.25) is 0 Å². The lowest BCUT2D eigenvalue weighted by Gasteiger charge is -2.26. The van der Waals surface area contributed by atoms with E-state index < -0.39 is 5.97 Å². The predicted molar refractivity (Wildman–Crippen MR) is 115 cm³/mol. The second-order valence-electron chi connectivity index (χ2n) is 7.62. The summed E-state index contributed by atoms with van der Waals surface area (Å²) in [6, 6.07) is 15.1. The Morgan fingerprint density at radius 3 is 2.10 bits per heavy atom. The number of urea groups is 1. The fraction of sp³-hybridized carbons (Fsp3) is 0.348. The number of para-hydroxylation sites is 1. The third-order valence-electron chi connectivity index (χ3n) is 5.13. The van der Waals surface area contributed by atoms with Gasteiger partial charge in [0.1, 0.15) is 0 Å². The van der Waals surface area contributed by atoms with Gasteiger partial charge >= 0.3 is 12.0 Å². The van der Waals surface area contributed by atoms with E-state index in [1.165, 1.54) is 0 Å². The zero-order valence-corrected chi connectivity index (χ0v) is 17.0. The number of ether oxygens (including phenoxy) is 1. The lowest BCUT2D eigenvalue weighted by Crippen LogP contribution is -2.39. The van der Waals surface area contributed by atoms with Crippen molar-refractivity contribution < 1.29 is 19.1 Å². The maximum absolute atomic E-state index is 12.2. The minimum absolute atomic E-state index is 0.166. The Bertz CT molecular complexity index is 860. The molecule has 1 saturated carbocycles. The van der Waals surface area contributed by atoms with Crippen LogP contribution in [0.1, 0.15) is 43.0 Å². The highest BCUT2D eigenvalue weighted by molar-refractivity contribution is 6.00. The zero-order chi connectivity index (χ0) is 21.3. The zero-order valence-electron chi connectivity index (χ0n) is 17.0. The first-order valence-electron chi connectivity index (χ1n) is 10.2. The summed E-state index contributed by atoms with van der Waals surface area (Å²) in [5.41, 5.74) is 1.52. The van der Waals surface area contributed by atoms with Crippen LogP contribution < -0.4 is 16.0 Å². The SMILES string of the molecule is CC1CCC(NC(=O)COC(=O)c2ccc(NC(=O)Nc3ccccc3)cc2)CC1. The predicted octanol–water partition coefficient (Wildman–Crippen LogP) is 4.18. The number of hydrogen-bond donors (Lipinski definition) is 3. The molecule has 2 aromatic carbocycles. The normalized spacial score (nSPS) is 18.2. The Kier molecular flexibility index (Phi) is 7.43. The van der Waals surface area contributed by atoms with Gasteiger partial charge in [0.15, 0.2) is 6.61 Å². The molecule has 0 aliphatic heterocycles. The highest BCUT2D eigenvalue weighted by atomic mass is 16.5. The number of anilines is 2. The minimum atomic E-state index is -0.581. The number of amides is 3. The fourth-order valence-corrected chi connectivity index (χ4v) is 3.39. The number of carbonyl (C=O) groups excluding carboxylic acids is 3. The molecule has 0 heterocycles. The van der Waals surface area contributed by atoms with E-state index in [-0.39, 0.29) is 24.6 Å². The van der Waals surface area contributed by atoms with E-state index in [2.05, 4.69) is 22.9 Å². The van der Waals surface area contributed by atoms with Crippen molar-refractivity contribution in [3.05, 3.63) is 60.2 Å². The molecule has 3 rings (SSSR count). The van der Waals surface area contributed by atoms with Gasteiger partial charge in [-0.3, -0.25) is 4.79 Å². The molecule has 0 unspecified atom stereocenters. The lowest BCUT2D eigenvalue weighted by atomic mass is 9.87. The van der Waals surface area contributed by atoms with Crippen molar-refractivity contribution in [2.45, 2.75) is 38.6 Å². The Balaban J connectivity index is 1.42. The first-order valence-corrected chi connectivity index (χ1v) is 10.2. The maximum atomic E-state index is 12.2. The lowest BCUT2D eigenvalue weighted by molar-refractivity contribution is -0.125. The van der Waals surface area contributed by atoms with Gasteiger partial charge in [0.05, 0.1) is 5.56 Å². The third-order valence-corrected chi connectivity index (χ3v) is 5.13. The maximum Gasteiger partial charge on any atom is 0.338 e. The highest BCUT2D eigenvalue weighted by Crippen LogP contribution is 2.23. The summed E-state index contributed by atoms with van der Waals surface area (Å²) in [5.74, 6) is -0.153. The van der Waals surface area contributed by atoms with Crippen LogP contribution in [0.15, 0.2) is 54.6 Å². The van der Waals surface area contributed by atoms with Crippen LogP contribution in [0.2, 0.25) is 0 Å². The average Bonchev–Trinajstić information content (AvgIpc) is 2.75. The molecule has 7 nitrogen and oxygen atoms in total. The van der Waals surface area contributed by atoms with Crippen LogP contribution in [0.3, 0.4) is 0 Å². The van der Waals surface area contributed by atoms with Gasteiger partial charge in [-0.1, -0.05) is 25.1 Å².